The average Bonchev–Trinajstić information content (AvgIpc) is 2.67. The Labute approximate surface area is 90.8 Å². The molecule has 5 nitrogen and oxygen atoms in total. The molecule has 0 saturated carbocycles. The third kappa shape index (κ3) is 1.94. The summed E-state index contributed by atoms with van der Waals surface area (Å²) in [6, 6.07) is 8.98. The topological polar surface area (TPSA) is 76.5 Å². The molecule has 1 heterocycles. The number of fused-ring (bicyclic) bond motifs is 1. The van der Waals surface area contributed by atoms with Crippen LogP contribution in [-0.2, 0) is 0 Å². The van der Waals surface area contributed by atoms with Gasteiger partial charge in [0.1, 0.15) is 18.0 Å². The van der Waals surface area contributed by atoms with Crippen LogP contribution in [0.2, 0.25) is 0 Å². The van der Waals surface area contributed by atoms with Crippen molar-refractivity contribution < 1.29 is 14.4 Å². The Bertz CT molecular complexity index is 523. The monoisotopic (exact) mass is 219 g/mol. The van der Waals surface area contributed by atoms with Gasteiger partial charge in [-0.25, -0.2) is 0 Å². The zero-order valence-electron chi connectivity index (χ0n) is 8.29. The van der Waals surface area contributed by atoms with E-state index >= 15 is 0 Å². The Morgan fingerprint density at radius 1 is 1.50 bits per heavy atom. The van der Waals surface area contributed by atoms with E-state index in [0.717, 1.165) is 5.39 Å². The van der Waals surface area contributed by atoms with Gasteiger partial charge in [0.2, 0.25) is 0 Å². The van der Waals surface area contributed by atoms with Gasteiger partial charge in [0, 0.05) is 5.39 Å². The van der Waals surface area contributed by atoms with E-state index in [1.165, 1.54) is 6.08 Å². The highest BCUT2D eigenvalue weighted by atomic mass is 16.6. The molecule has 2 aromatic rings. The zero-order chi connectivity index (χ0) is 11.5. The summed E-state index contributed by atoms with van der Waals surface area (Å²) in [4.78, 5) is 9.85. The van der Waals surface area contributed by atoms with Crippen molar-refractivity contribution in [2.24, 2.45) is 0 Å². The molecule has 0 radical (unpaired) electrons. The Balaban J connectivity index is 2.44. The second-order valence-corrected chi connectivity index (χ2v) is 3.24. The molecular weight excluding hydrogens is 210 g/mol. The lowest BCUT2D eigenvalue weighted by Gasteiger charge is -1.90. The van der Waals surface area contributed by atoms with Crippen LogP contribution >= 0.6 is 0 Å². The largest absolute Gasteiger partial charge is 0.456 e. The standard InChI is InChI=1S/C11H9NO4/c13-7-9(12(14)15)6-10-5-8-3-1-2-4-11(8)16-10/h1-6,13H,7H2/b9-6+. The number of hydrogen-bond donors (Lipinski definition) is 1. The predicted octanol–water partition coefficient (Wildman–Crippen LogP) is 2.04. The van der Waals surface area contributed by atoms with Crippen LogP contribution in [0.5, 0.6) is 0 Å². The van der Waals surface area contributed by atoms with Crippen molar-refractivity contribution in [2.45, 2.75) is 0 Å². The number of nitrogens with zero attached hydrogens (tertiary/aromatic N) is 1. The van der Waals surface area contributed by atoms with Crippen molar-refractivity contribution in [1.29, 1.82) is 0 Å². The molecule has 0 aliphatic carbocycles. The van der Waals surface area contributed by atoms with Crippen molar-refractivity contribution in [3.05, 3.63) is 51.9 Å². The maximum atomic E-state index is 10.5. The Hall–Kier alpha value is -2.14. The van der Waals surface area contributed by atoms with Crippen LogP contribution in [0.25, 0.3) is 17.0 Å². The van der Waals surface area contributed by atoms with Gasteiger partial charge < -0.3 is 9.52 Å². The summed E-state index contributed by atoms with van der Waals surface area (Å²) in [6.07, 6.45) is 1.22. The van der Waals surface area contributed by atoms with Crippen molar-refractivity contribution in [3.63, 3.8) is 0 Å². The minimum atomic E-state index is -0.632. The van der Waals surface area contributed by atoms with Crippen molar-refractivity contribution in [1.82, 2.24) is 0 Å². The van der Waals surface area contributed by atoms with Gasteiger partial charge in [-0.3, -0.25) is 10.1 Å². The fourth-order valence-electron chi connectivity index (χ4n) is 1.39. The highest BCUT2D eigenvalue weighted by molar-refractivity contribution is 5.79. The van der Waals surface area contributed by atoms with Crippen LogP contribution in [0.15, 0.2) is 40.4 Å². The number of para-hydroxylation sites is 1. The van der Waals surface area contributed by atoms with E-state index in [1.54, 1.807) is 12.1 Å². The molecule has 0 aliphatic heterocycles. The minimum absolute atomic E-state index is 0.293. The highest BCUT2D eigenvalue weighted by Gasteiger charge is 2.10. The number of aliphatic hydroxyl groups excluding tert-OH is 1. The maximum Gasteiger partial charge on any atom is 0.275 e. The molecule has 0 fully saturated rings. The van der Waals surface area contributed by atoms with Gasteiger partial charge in [-0.1, -0.05) is 18.2 Å². The number of aliphatic hydroxyl groups is 1. The normalized spacial score (nSPS) is 11.9. The zero-order valence-corrected chi connectivity index (χ0v) is 8.29. The van der Waals surface area contributed by atoms with Crippen LogP contribution in [0.1, 0.15) is 5.76 Å². The quantitative estimate of drug-likeness (QED) is 0.633. The first-order chi connectivity index (χ1) is 7.70. The minimum Gasteiger partial charge on any atom is -0.456 e. The first kappa shape index (κ1) is 10.4. The first-order valence-corrected chi connectivity index (χ1v) is 4.65. The smallest absolute Gasteiger partial charge is 0.275 e. The summed E-state index contributed by atoms with van der Waals surface area (Å²) in [5.41, 5.74) is 0.369. The summed E-state index contributed by atoms with van der Waals surface area (Å²) in [6.45, 7) is -0.621. The van der Waals surface area contributed by atoms with E-state index in [0.29, 0.717) is 11.3 Å². The molecular formula is C11H9NO4. The van der Waals surface area contributed by atoms with Crippen LogP contribution in [0.3, 0.4) is 0 Å². The number of hydrogen-bond acceptors (Lipinski definition) is 4. The fraction of sp³-hybridized carbons (Fsp3) is 0.0909. The van der Waals surface area contributed by atoms with Gasteiger partial charge in [-0.15, -0.1) is 0 Å². The van der Waals surface area contributed by atoms with Gasteiger partial charge in [-0.05, 0) is 12.1 Å². The van der Waals surface area contributed by atoms with Crippen molar-refractivity contribution in [2.75, 3.05) is 6.61 Å². The fourth-order valence-corrected chi connectivity index (χ4v) is 1.39. The van der Waals surface area contributed by atoms with E-state index in [1.807, 2.05) is 18.2 Å². The van der Waals surface area contributed by atoms with Crippen LogP contribution < -0.4 is 0 Å². The van der Waals surface area contributed by atoms with E-state index in [9.17, 15) is 10.1 Å². The Morgan fingerprint density at radius 3 is 2.88 bits per heavy atom. The lowest BCUT2D eigenvalue weighted by Crippen LogP contribution is -2.02. The summed E-state index contributed by atoms with van der Waals surface area (Å²) >= 11 is 0. The Morgan fingerprint density at radius 2 is 2.25 bits per heavy atom. The lowest BCUT2D eigenvalue weighted by molar-refractivity contribution is -0.428. The van der Waals surface area contributed by atoms with Crippen molar-refractivity contribution in [3.8, 4) is 0 Å². The third-order valence-electron chi connectivity index (χ3n) is 2.15. The lowest BCUT2D eigenvalue weighted by atomic mass is 10.2. The number of nitro groups is 1. The summed E-state index contributed by atoms with van der Waals surface area (Å²) < 4.78 is 5.36. The van der Waals surface area contributed by atoms with E-state index in [-0.39, 0.29) is 5.70 Å². The molecule has 0 atom stereocenters. The number of benzene rings is 1. The van der Waals surface area contributed by atoms with Crippen LogP contribution in [0, 0.1) is 10.1 Å². The molecule has 0 spiro atoms. The molecule has 0 aliphatic rings. The summed E-state index contributed by atoms with van der Waals surface area (Å²) in [5, 5.41) is 20.1. The van der Waals surface area contributed by atoms with Gasteiger partial charge in [0.05, 0.1) is 11.0 Å². The van der Waals surface area contributed by atoms with E-state index in [4.69, 9.17) is 9.52 Å². The molecule has 0 bridgehead atoms. The highest BCUT2D eigenvalue weighted by Crippen LogP contribution is 2.20. The second kappa shape index (κ2) is 4.16. The first-order valence-electron chi connectivity index (χ1n) is 4.65. The van der Waals surface area contributed by atoms with Gasteiger partial charge in [-0.2, -0.15) is 0 Å². The Kier molecular flexibility index (Phi) is 2.70. The number of furan rings is 1. The number of rotatable bonds is 3. The van der Waals surface area contributed by atoms with Crippen molar-refractivity contribution >= 4 is 17.0 Å². The summed E-state index contributed by atoms with van der Waals surface area (Å²) in [7, 11) is 0. The molecule has 2 rings (SSSR count). The third-order valence-corrected chi connectivity index (χ3v) is 2.15. The van der Waals surface area contributed by atoms with Gasteiger partial charge in [0.15, 0.2) is 0 Å². The maximum absolute atomic E-state index is 10.5. The van der Waals surface area contributed by atoms with Gasteiger partial charge in [0.25, 0.3) is 5.70 Å². The molecule has 0 amide bonds. The average molecular weight is 219 g/mol. The molecule has 1 aromatic heterocycles. The molecule has 5 heteroatoms. The predicted molar refractivity (Wildman–Crippen MR) is 58.3 cm³/mol. The summed E-state index contributed by atoms with van der Waals surface area (Å²) in [5.74, 6) is 0.363. The molecule has 1 N–H and O–H groups in total. The molecule has 0 unspecified atom stereocenters. The molecule has 1 aromatic carbocycles. The van der Waals surface area contributed by atoms with E-state index in [2.05, 4.69) is 0 Å². The SMILES string of the molecule is O=[N+]([O-])/C(=C/c1cc2ccccc2o1)CO. The molecule has 82 valence electrons. The second-order valence-electron chi connectivity index (χ2n) is 3.24. The molecule has 16 heavy (non-hydrogen) atoms. The van der Waals surface area contributed by atoms with Crippen LogP contribution in [0.4, 0.5) is 0 Å². The molecule has 0 saturated heterocycles. The van der Waals surface area contributed by atoms with Gasteiger partial charge >= 0.3 is 0 Å². The van der Waals surface area contributed by atoms with E-state index < -0.39 is 11.5 Å². The van der Waals surface area contributed by atoms with Crippen LogP contribution in [-0.4, -0.2) is 16.6 Å².